The van der Waals surface area contributed by atoms with Gasteiger partial charge in [-0.2, -0.15) is 0 Å². The molecule has 0 saturated heterocycles. The molecule has 188 valence electrons. The standard InChI is InChI=1S/C25H41NO6S/c1-9-30-23(28)25(31-10-2,32-11-3)18(4)16-20(17-22(27)33-24(5,6)7)26-19-12-14-21(29-8)15-13-19/h12-15,18,20,26H,9-11,16-17H2,1-8H3/t18-,20+/m0/s1. The molecule has 7 nitrogen and oxygen atoms in total. The minimum Gasteiger partial charge on any atom is -0.497 e. The Bertz CT molecular complexity index is 725. The summed E-state index contributed by atoms with van der Waals surface area (Å²) in [7, 11) is 1.62. The molecule has 33 heavy (non-hydrogen) atoms. The van der Waals surface area contributed by atoms with Crippen LogP contribution < -0.4 is 10.1 Å². The van der Waals surface area contributed by atoms with E-state index in [0.29, 0.717) is 19.6 Å². The van der Waals surface area contributed by atoms with Gasteiger partial charge in [0.15, 0.2) is 5.12 Å². The molecule has 0 amide bonds. The predicted molar refractivity (Wildman–Crippen MR) is 134 cm³/mol. The third-order valence-electron chi connectivity index (χ3n) is 4.86. The molecular weight excluding hydrogens is 442 g/mol. The van der Waals surface area contributed by atoms with Crippen LogP contribution in [0.5, 0.6) is 5.75 Å². The second kappa shape index (κ2) is 13.8. The molecule has 2 atom stereocenters. The van der Waals surface area contributed by atoms with Crippen molar-refractivity contribution in [1.82, 2.24) is 0 Å². The maximum Gasteiger partial charge on any atom is 0.367 e. The number of anilines is 1. The highest BCUT2D eigenvalue weighted by Crippen LogP contribution is 2.33. The first-order valence-corrected chi connectivity index (χ1v) is 12.4. The van der Waals surface area contributed by atoms with Crippen molar-refractivity contribution < 1.29 is 28.5 Å². The van der Waals surface area contributed by atoms with Crippen LogP contribution in [0.3, 0.4) is 0 Å². The highest BCUT2D eigenvalue weighted by atomic mass is 32.2. The molecule has 1 rings (SSSR count). The van der Waals surface area contributed by atoms with E-state index < -0.39 is 11.8 Å². The number of methoxy groups -OCH3 is 1. The van der Waals surface area contributed by atoms with Gasteiger partial charge in [0.2, 0.25) is 0 Å². The molecule has 0 heterocycles. The lowest BCUT2D eigenvalue weighted by molar-refractivity contribution is -0.265. The van der Waals surface area contributed by atoms with Gasteiger partial charge in [-0.3, -0.25) is 4.79 Å². The zero-order valence-electron chi connectivity index (χ0n) is 21.4. The molecule has 1 aromatic rings. The molecule has 1 aromatic carbocycles. The normalized spacial score (nSPS) is 13.8. The first-order valence-electron chi connectivity index (χ1n) is 11.6. The van der Waals surface area contributed by atoms with E-state index in [-0.39, 0.29) is 34.8 Å². The Hall–Kier alpha value is -1.77. The molecule has 0 radical (unpaired) electrons. The Labute approximate surface area is 203 Å². The molecule has 0 saturated carbocycles. The first-order chi connectivity index (χ1) is 15.5. The van der Waals surface area contributed by atoms with Gasteiger partial charge in [0.25, 0.3) is 5.79 Å². The van der Waals surface area contributed by atoms with E-state index in [9.17, 15) is 9.59 Å². The van der Waals surface area contributed by atoms with E-state index in [2.05, 4.69) is 5.32 Å². The third-order valence-corrected chi connectivity index (χ3v) is 5.86. The molecule has 0 unspecified atom stereocenters. The van der Waals surface area contributed by atoms with Crippen LogP contribution in [0, 0.1) is 5.92 Å². The largest absolute Gasteiger partial charge is 0.497 e. The Balaban J connectivity index is 3.19. The molecule has 8 heteroatoms. The van der Waals surface area contributed by atoms with Crippen molar-refractivity contribution in [2.24, 2.45) is 5.92 Å². The Morgan fingerprint density at radius 3 is 2.03 bits per heavy atom. The van der Waals surface area contributed by atoms with Gasteiger partial charge < -0.3 is 24.3 Å². The number of thioether (sulfide) groups is 1. The Morgan fingerprint density at radius 1 is 1.00 bits per heavy atom. The summed E-state index contributed by atoms with van der Waals surface area (Å²) in [6.07, 6.45) is 0.747. The van der Waals surface area contributed by atoms with Gasteiger partial charge in [-0.25, -0.2) is 4.79 Å². The molecular formula is C25H41NO6S. The molecule has 0 aliphatic heterocycles. The number of rotatable bonds is 14. The van der Waals surface area contributed by atoms with Crippen LogP contribution in [0.2, 0.25) is 0 Å². The summed E-state index contributed by atoms with van der Waals surface area (Å²) in [6.45, 7) is 14.1. The molecule has 1 N–H and O–H groups in total. The van der Waals surface area contributed by atoms with Crippen molar-refractivity contribution in [3.8, 4) is 5.75 Å². The third kappa shape index (κ3) is 9.55. The average molecular weight is 484 g/mol. The zero-order chi connectivity index (χ0) is 25.1. The molecule has 0 aliphatic rings. The summed E-state index contributed by atoms with van der Waals surface area (Å²) in [5.41, 5.74) is 0.858. The van der Waals surface area contributed by atoms with Crippen molar-refractivity contribution in [1.29, 1.82) is 0 Å². The number of nitrogens with one attached hydrogen (secondary N) is 1. The number of esters is 1. The van der Waals surface area contributed by atoms with Crippen LogP contribution in [0.25, 0.3) is 0 Å². The number of hydrogen-bond donors (Lipinski definition) is 1. The first kappa shape index (κ1) is 29.3. The van der Waals surface area contributed by atoms with E-state index in [4.69, 9.17) is 18.9 Å². The summed E-state index contributed by atoms with van der Waals surface area (Å²) in [4.78, 5) is 25.8. The molecule has 0 aromatic heterocycles. The highest BCUT2D eigenvalue weighted by Gasteiger charge is 2.48. The lowest BCUT2D eigenvalue weighted by Crippen LogP contribution is -2.52. The molecule has 0 spiro atoms. The van der Waals surface area contributed by atoms with E-state index in [0.717, 1.165) is 11.4 Å². The van der Waals surface area contributed by atoms with Crippen LogP contribution in [0.15, 0.2) is 24.3 Å². The van der Waals surface area contributed by atoms with Gasteiger partial charge in [0.1, 0.15) is 5.75 Å². The monoisotopic (exact) mass is 483 g/mol. The zero-order valence-corrected chi connectivity index (χ0v) is 22.2. The second-order valence-electron chi connectivity index (χ2n) is 8.75. The van der Waals surface area contributed by atoms with Gasteiger partial charge in [0.05, 0.1) is 13.7 Å². The summed E-state index contributed by atoms with van der Waals surface area (Å²) in [5, 5.41) is 3.53. The fraction of sp³-hybridized carbons (Fsp3) is 0.680. The molecule has 0 bridgehead atoms. The van der Waals surface area contributed by atoms with E-state index in [1.807, 2.05) is 65.8 Å². The van der Waals surface area contributed by atoms with Gasteiger partial charge in [0, 0.05) is 42.0 Å². The average Bonchev–Trinajstić information content (AvgIpc) is 2.72. The Kier molecular flexibility index (Phi) is 12.3. The van der Waals surface area contributed by atoms with Crippen LogP contribution in [-0.4, -0.2) is 54.6 Å². The number of carbonyl (C=O) groups is 2. The van der Waals surface area contributed by atoms with Crippen LogP contribution in [-0.2, 0) is 23.8 Å². The van der Waals surface area contributed by atoms with E-state index >= 15 is 0 Å². The quantitative estimate of drug-likeness (QED) is 0.283. The van der Waals surface area contributed by atoms with Crippen LogP contribution >= 0.6 is 11.8 Å². The molecule has 0 aliphatic carbocycles. The fourth-order valence-corrected chi connectivity index (χ4v) is 4.56. The number of carbonyl (C=O) groups excluding carboxylic acids is 2. The topological polar surface area (TPSA) is 83.1 Å². The van der Waals surface area contributed by atoms with Crippen molar-refractivity contribution >= 4 is 28.5 Å². The van der Waals surface area contributed by atoms with Gasteiger partial charge in [-0.1, -0.05) is 39.5 Å². The second-order valence-corrected chi connectivity index (χ2v) is 10.6. The smallest absolute Gasteiger partial charge is 0.367 e. The summed E-state index contributed by atoms with van der Waals surface area (Å²) < 4.78 is 22.1. The summed E-state index contributed by atoms with van der Waals surface area (Å²) in [5.74, 6) is -1.70. The lowest BCUT2D eigenvalue weighted by Gasteiger charge is -2.37. The van der Waals surface area contributed by atoms with Crippen molar-refractivity contribution in [2.45, 2.75) is 77.9 Å². The van der Waals surface area contributed by atoms with E-state index in [1.54, 1.807) is 14.0 Å². The van der Waals surface area contributed by atoms with Crippen LogP contribution in [0.1, 0.15) is 61.3 Å². The summed E-state index contributed by atoms with van der Waals surface area (Å²) in [6, 6.07) is 7.28. The fourth-order valence-electron chi connectivity index (χ4n) is 3.59. The van der Waals surface area contributed by atoms with Gasteiger partial charge in [-0.05, 0) is 51.5 Å². The molecule has 0 fully saturated rings. The maximum atomic E-state index is 12.9. The maximum absolute atomic E-state index is 12.9. The summed E-state index contributed by atoms with van der Waals surface area (Å²) >= 11 is 1.32. The lowest BCUT2D eigenvalue weighted by atomic mass is 9.91. The number of benzene rings is 1. The SMILES string of the molecule is CCOC(=O)C(OCC)(OCC)[C@@H](C)C[C@H](CC(=O)SC(C)(C)C)Nc1ccc(OC)cc1. The number of hydrogen-bond acceptors (Lipinski definition) is 8. The van der Waals surface area contributed by atoms with Crippen LogP contribution in [0.4, 0.5) is 5.69 Å². The highest BCUT2D eigenvalue weighted by molar-refractivity contribution is 8.14. The Morgan fingerprint density at radius 2 is 1.58 bits per heavy atom. The predicted octanol–water partition coefficient (Wildman–Crippen LogP) is 5.28. The van der Waals surface area contributed by atoms with Crippen molar-refractivity contribution in [3.05, 3.63) is 24.3 Å². The number of ether oxygens (including phenoxy) is 4. The minimum atomic E-state index is -1.53. The van der Waals surface area contributed by atoms with Gasteiger partial charge >= 0.3 is 5.97 Å². The van der Waals surface area contributed by atoms with Gasteiger partial charge in [-0.15, -0.1) is 0 Å². The van der Waals surface area contributed by atoms with Crippen molar-refractivity contribution in [3.63, 3.8) is 0 Å². The minimum absolute atomic E-state index is 0.0790. The van der Waals surface area contributed by atoms with E-state index in [1.165, 1.54) is 11.8 Å². The van der Waals surface area contributed by atoms with Crippen molar-refractivity contribution in [2.75, 3.05) is 32.2 Å².